The molecule has 0 spiro atoms. The first kappa shape index (κ1) is 20.8. The Morgan fingerprint density at radius 3 is 2.27 bits per heavy atom. The number of ether oxygens (including phenoxy) is 4. The third-order valence-electron chi connectivity index (χ3n) is 5.02. The zero-order valence-corrected chi connectivity index (χ0v) is 16.4. The number of Topliss-reactive ketones (excluding diaryl/α,β-unsaturated/α-hetero) is 1. The molecule has 2 aliphatic rings. The Hall–Kier alpha value is -4.08. The van der Waals surface area contributed by atoms with Crippen LogP contribution in [-0.2, 0) is 6.61 Å². The largest absolute Gasteiger partial charge is 0.489 e. The number of carbonyl (C=O) groups is 1. The Morgan fingerprint density at radius 2 is 1.52 bits per heavy atom. The Balaban J connectivity index is 1.36. The standard InChI is InChI=1S/C23H11F5O5/c24-18-13(19(25)21(27)22(28)20(18)26)8-30-11-2-3-12-15(7-11)33-17(23(12)29)6-10-1-4-14-16(5-10)32-9-31-14/h1-7H,8-9H2/b17-6-. The van der Waals surface area contributed by atoms with Crippen molar-refractivity contribution in [2.45, 2.75) is 6.61 Å². The van der Waals surface area contributed by atoms with Crippen LogP contribution in [0.15, 0.2) is 42.2 Å². The average molecular weight is 462 g/mol. The van der Waals surface area contributed by atoms with Gasteiger partial charge in [-0.3, -0.25) is 4.79 Å². The first-order chi connectivity index (χ1) is 15.8. The quantitative estimate of drug-likeness (QED) is 0.228. The van der Waals surface area contributed by atoms with Crippen LogP contribution < -0.4 is 18.9 Å². The molecule has 3 aromatic rings. The lowest BCUT2D eigenvalue weighted by atomic mass is 10.1. The minimum absolute atomic E-state index is 0.00480. The molecular weight excluding hydrogens is 451 g/mol. The van der Waals surface area contributed by atoms with E-state index in [1.165, 1.54) is 24.3 Å². The van der Waals surface area contributed by atoms with E-state index < -0.39 is 47.0 Å². The molecule has 0 N–H and O–H groups in total. The summed E-state index contributed by atoms with van der Waals surface area (Å²) in [5.74, 6) is -9.51. The van der Waals surface area contributed by atoms with Gasteiger partial charge < -0.3 is 18.9 Å². The van der Waals surface area contributed by atoms with Crippen LogP contribution in [0.3, 0.4) is 0 Å². The molecule has 0 bridgehead atoms. The van der Waals surface area contributed by atoms with Crippen molar-refractivity contribution in [3.63, 3.8) is 0 Å². The molecule has 0 amide bonds. The number of benzene rings is 3. The fraction of sp³-hybridized carbons (Fsp3) is 0.0870. The first-order valence-corrected chi connectivity index (χ1v) is 9.44. The molecule has 0 aromatic heterocycles. The van der Waals surface area contributed by atoms with Gasteiger partial charge in [0.15, 0.2) is 40.5 Å². The van der Waals surface area contributed by atoms with Gasteiger partial charge in [-0.05, 0) is 35.9 Å². The van der Waals surface area contributed by atoms with Gasteiger partial charge in [0.1, 0.15) is 18.1 Å². The fourth-order valence-electron chi connectivity index (χ4n) is 3.34. The molecule has 0 saturated heterocycles. The van der Waals surface area contributed by atoms with Gasteiger partial charge in [0.2, 0.25) is 18.4 Å². The highest BCUT2D eigenvalue weighted by atomic mass is 19.2. The van der Waals surface area contributed by atoms with Crippen LogP contribution in [0.25, 0.3) is 6.08 Å². The van der Waals surface area contributed by atoms with Gasteiger partial charge in [-0.1, -0.05) is 6.07 Å². The molecule has 0 radical (unpaired) electrons. The maximum Gasteiger partial charge on any atom is 0.231 e. The molecule has 0 saturated carbocycles. The van der Waals surface area contributed by atoms with Crippen molar-refractivity contribution in [3.8, 4) is 23.0 Å². The molecule has 168 valence electrons. The molecule has 0 aliphatic carbocycles. The van der Waals surface area contributed by atoms with Crippen LogP contribution in [0.4, 0.5) is 22.0 Å². The third-order valence-corrected chi connectivity index (χ3v) is 5.02. The molecule has 2 heterocycles. The monoisotopic (exact) mass is 462 g/mol. The Labute approximate surface area is 182 Å². The highest BCUT2D eigenvalue weighted by Crippen LogP contribution is 2.37. The van der Waals surface area contributed by atoms with E-state index in [1.807, 2.05) is 0 Å². The highest BCUT2D eigenvalue weighted by molar-refractivity contribution is 6.14. The molecule has 10 heteroatoms. The smallest absolute Gasteiger partial charge is 0.231 e. The Morgan fingerprint density at radius 1 is 0.818 bits per heavy atom. The molecule has 2 aliphatic heterocycles. The summed E-state index contributed by atoms with van der Waals surface area (Å²) >= 11 is 0. The van der Waals surface area contributed by atoms with E-state index in [1.54, 1.807) is 18.2 Å². The highest BCUT2D eigenvalue weighted by Gasteiger charge is 2.29. The number of allylic oxidation sites excluding steroid dienone is 1. The van der Waals surface area contributed by atoms with Crippen LogP contribution in [0.1, 0.15) is 21.5 Å². The zero-order chi connectivity index (χ0) is 23.3. The van der Waals surface area contributed by atoms with E-state index in [0.29, 0.717) is 17.1 Å². The lowest BCUT2D eigenvalue weighted by Crippen LogP contribution is -2.09. The van der Waals surface area contributed by atoms with Crippen molar-refractivity contribution in [2.75, 3.05) is 6.79 Å². The maximum atomic E-state index is 13.8. The van der Waals surface area contributed by atoms with Gasteiger partial charge in [-0.2, -0.15) is 0 Å². The van der Waals surface area contributed by atoms with Crippen molar-refractivity contribution < 1.29 is 45.7 Å². The summed E-state index contributed by atoms with van der Waals surface area (Å²) in [4.78, 5) is 12.6. The number of halogens is 5. The molecule has 3 aromatic carbocycles. The fourth-order valence-corrected chi connectivity index (χ4v) is 3.34. The summed E-state index contributed by atoms with van der Waals surface area (Å²) in [6, 6.07) is 9.03. The van der Waals surface area contributed by atoms with Crippen molar-refractivity contribution in [1.29, 1.82) is 0 Å². The van der Waals surface area contributed by atoms with Gasteiger partial charge in [0, 0.05) is 6.07 Å². The Bertz CT molecular complexity index is 1320. The summed E-state index contributed by atoms with van der Waals surface area (Å²) in [5, 5.41) is 0. The number of rotatable bonds is 4. The van der Waals surface area contributed by atoms with Crippen molar-refractivity contribution in [2.24, 2.45) is 0 Å². The number of fused-ring (bicyclic) bond motifs is 2. The van der Waals surface area contributed by atoms with Gasteiger partial charge in [-0.25, -0.2) is 22.0 Å². The van der Waals surface area contributed by atoms with Crippen molar-refractivity contribution in [1.82, 2.24) is 0 Å². The van der Waals surface area contributed by atoms with Crippen molar-refractivity contribution >= 4 is 11.9 Å². The molecule has 5 nitrogen and oxygen atoms in total. The number of ketones is 1. The van der Waals surface area contributed by atoms with E-state index in [9.17, 15) is 26.7 Å². The second-order valence-corrected chi connectivity index (χ2v) is 7.05. The van der Waals surface area contributed by atoms with Crippen LogP contribution >= 0.6 is 0 Å². The number of hydrogen-bond acceptors (Lipinski definition) is 5. The average Bonchev–Trinajstić information content (AvgIpc) is 3.40. The molecule has 0 atom stereocenters. The molecule has 0 unspecified atom stereocenters. The second-order valence-electron chi connectivity index (χ2n) is 7.05. The van der Waals surface area contributed by atoms with Gasteiger partial charge in [0.25, 0.3) is 0 Å². The molecular formula is C23H11F5O5. The molecule has 33 heavy (non-hydrogen) atoms. The lowest BCUT2D eigenvalue weighted by Gasteiger charge is -2.10. The maximum absolute atomic E-state index is 13.8. The van der Waals surface area contributed by atoms with E-state index in [2.05, 4.69) is 0 Å². The van der Waals surface area contributed by atoms with Crippen LogP contribution in [0.5, 0.6) is 23.0 Å². The first-order valence-electron chi connectivity index (χ1n) is 9.44. The minimum Gasteiger partial charge on any atom is -0.489 e. The van der Waals surface area contributed by atoms with Gasteiger partial charge >= 0.3 is 0 Å². The van der Waals surface area contributed by atoms with E-state index >= 15 is 0 Å². The SMILES string of the molecule is O=C1/C(=C/c2ccc3c(c2)OCO3)Oc2cc(OCc3c(F)c(F)c(F)c(F)c3F)ccc21. The van der Waals surface area contributed by atoms with Crippen LogP contribution in [-0.4, -0.2) is 12.6 Å². The number of carbonyl (C=O) groups excluding carboxylic acids is 1. The number of hydrogen-bond donors (Lipinski definition) is 0. The summed E-state index contributed by atoms with van der Waals surface area (Å²) < 4.78 is 88.8. The van der Waals surface area contributed by atoms with Crippen molar-refractivity contribution in [3.05, 3.63) is 87.9 Å². The topological polar surface area (TPSA) is 54.0 Å². The summed E-state index contributed by atoms with van der Waals surface area (Å²) in [6.45, 7) is -0.831. The second kappa shape index (κ2) is 7.80. The minimum atomic E-state index is -2.25. The lowest BCUT2D eigenvalue weighted by molar-refractivity contribution is 0.101. The zero-order valence-electron chi connectivity index (χ0n) is 16.4. The van der Waals surface area contributed by atoms with Gasteiger partial charge in [-0.15, -0.1) is 0 Å². The molecule has 0 fully saturated rings. The Kier molecular flexibility index (Phi) is 4.92. The van der Waals surface area contributed by atoms with E-state index in [4.69, 9.17) is 18.9 Å². The summed E-state index contributed by atoms with van der Waals surface area (Å²) in [6.07, 6.45) is 1.50. The van der Waals surface area contributed by atoms with E-state index in [-0.39, 0.29) is 29.6 Å². The summed E-state index contributed by atoms with van der Waals surface area (Å²) in [7, 11) is 0. The van der Waals surface area contributed by atoms with Crippen LogP contribution in [0, 0.1) is 29.1 Å². The van der Waals surface area contributed by atoms with Crippen LogP contribution in [0.2, 0.25) is 0 Å². The molecule has 5 rings (SSSR count). The normalized spacial score (nSPS) is 15.1. The van der Waals surface area contributed by atoms with Gasteiger partial charge in [0.05, 0.1) is 11.1 Å². The summed E-state index contributed by atoms with van der Waals surface area (Å²) in [5.41, 5.74) is -0.281. The predicted octanol–water partition coefficient (Wildman–Crippen LogP) is 5.31. The third kappa shape index (κ3) is 3.53. The van der Waals surface area contributed by atoms with E-state index in [0.717, 1.165) is 0 Å². The predicted molar refractivity (Wildman–Crippen MR) is 103 cm³/mol.